The summed E-state index contributed by atoms with van der Waals surface area (Å²) in [6.07, 6.45) is 7.97. The fourth-order valence-corrected chi connectivity index (χ4v) is 0.823. The Hall–Kier alpha value is -0.980. The van der Waals surface area contributed by atoms with Gasteiger partial charge in [0, 0.05) is 18.8 Å². The summed E-state index contributed by atoms with van der Waals surface area (Å²) >= 11 is 0. The summed E-state index contributed by atoms with van der Waals surface area (Å²) in [4.78, 5) is 2.19. The Morgan fingerprint density at radius 1 is 1.42 bits per heavy atom. The maximum Gasteiger partial charge on any atom is 0.0359 e. The number of likely N-dealkylation sites (N-methyl/N-ethyl adjacent to an activating group) is 1. The standard InChI is InChI=1S/C11H19N/c1-6-8-9-11(7-2)12(5)10(3)4/h6-10H,2H2,1,3-5H3/b8-6-,11-9+. The SMILES string of the molecule is C=C/C(=C\C=C/C)N(C)C(C)C. The summed E-state index contributed by atoms with van der Waals surface area (Å²) in [6, 6.07) is 0.513. The zero-order valence-electron chi connectivity index (χ0n) is 8.54. The molecular formula is C11H19N. The summed E-state index contributed by atoms with van der Waals surface area (Å²) in [5.74, 6) is 0. The zero-order chi connectivity index (χ0) is 9.56. The highest BCUT2D eigenvalue weighted by atomic mass is 15.1. The van der Waals surface area contributed by atoms with Gasteiger partial charge in [-0.1, -0.05) is 18.7 Å². The monoisotopic (exact) mass is 165 g/mol. The second-order valence-electron chi connectivity index (χ2n) is 3.03. The lowest BCUT2D eigenvalue weighted by Crippen LogP contribution is -2.24. The van der Waals surface area contributed by atoms with Gasteiger partial charge in [-0.05, 0) is 32.9 Å². The number of hydrogen-bond acceptors (Lipinski definition) is 1. The lowest BCUT2D eigenvalue weighted by atomic mass is 10.2. The second-order valence-corrected chi connectivity index (χ2v) is 3.03. The first-order valence-corrected chi connectivity index (χ1v) is 4.31. The van der Waals surface area contributed by atoms with Gasteiger partial charge in [0.1, 0.15) is 0 Å². The first-order valence-electron chi connectivity index (χ1n) is 4.31. The number of rotatable bonds is 4. The van der Waals surface area contributed by atoms with E-state index >= 15 is 0 Å². The normalized spacial score (nSPS) is 12.6. The quantitative estimate of drug-likeness (QED) is 0.579. The van der Waals surface area contributed by atoms with Gasteiger partial charge in [-0.25, -0.2) is 0 Å². The summed E-state index contributed by atoms with van der Waals surface area (Å²) < 4.78 is 0. The fraction of sp³-hybridized carbons (Fsp3) is 0.455. The van der Waals surface area contributed by atoms with Crippen molar-refractivity contribution in [3.05, 3.63) is 36.6 Å². The summed E-state index contributed by atoms with van der Waals surface area (Å²) in [5.41, 5.74) is 1.16. The van der Waals surface area contributed by atoms with Crippen LogP contribution in [0, 0.1) is 0 Å². The van der Waals surface area contributed by atoms with E-state index in [0.717, 1.165) is 5.70 Å². The van der Waals surface area contributed by atoms with Crippen LogP contribution in [-0.4, -0.2) is 18.0 Å². The van der Waals surface area contributed by atoms with Crippen LogP contribution >= 0.6 is 0 Å². The molecule has 0 saturated heterocycles. The van der Waals surface area contributed by atoms with Gasteiger partial charge in [0.25, 0.3) is 0 Å². The number of hydrogen-bond donors (Lipinski definition) is 0. The van der Waals surface area contributed by atoms with Crippen LogP contribution in [0.2, 0.25) is 0 Å². The Kier molecular flexibility index (Phi) is 5.18. The molecule has 0 aliphatic heterocycles. The topological polar surface area (TPSA) is 3.24 Å². The van der Waals surface area contributed by atoms with Crippen LogP contribution in [0.5, 0.6) is 0 Å². The maximum atomic E-state index is 3.77. The molecule has 0 bridgehead atoms. The smallest absolute Gasteiger partial charge is 0.0359 e. The van der Waals surface area contributed by atoms with Gasteiger partial charge >= 0.3 is 0 Å². The number of nitrogens with zero attached hydrogens (tertiary/aromatic N) is 1. The van der Waals surface area contributed by atoms with Crippen molar-refractivity contribution in [3.63, 3.8) is 0 Å². The van der Waals surface area contributed by atoms with E-state index in [2.05, 4.69) is 38.5 Å². The minimum atomic E-state index is 0.513. The van der Waals surface area contributed by atoms with Gasteiger partial charge in [0.2, 0.25) is 0 Å². The Morgan fingerprint density at radius 2 is 2.00 bits per heavy atom. The first kappa shape index (κ1) is 11.0. The van der Waals surface area contributed by atoms with Crippen LogP contribution in [0.3, 0.4) is 0 Å². The third kappa shape index (κ3) is 3.42. The van der Waals surface area contributed by atoms with Crippen molar-refractivity contribution in [2.45, 2.75) is 26.8 Å². The van der Waals surface area contributed by atoms with Gasteiger partial charge in [-0.15, -0.1) is 0 Å². The molecular weight excluding hydrogens is 146 g/mol. The van der Waals surface area contributed by atoms with Crippen LogP contribution in [0.4, 0.5) is 0 Å². The Labute approximate surface area is 76.1 Å². The highest BCUT2D eigenvalue weighted by Gasteiger charge is 2.02. The van der Waals surface area contributed by atoms with Crippen molar-refractivity contribution in [3.8, 4) is 0 Å². The predicted molar refractivity (Wildman–Crippen MR) is 56.0 cm³/mol. The maximum absolute atomic E-state index is 3.77. The molecule has 0 saturated carbocycles. The molecule has 0 fully saturated rings. The Morgan fingerprint density at radius 3 is 2.33 bits per heavy atom. The Bertz CT molecular complexity index is 187. The minimum Gasteiger partial charge on any atom is -0.372 e. The lowest BCUT2D eigenvalue weighted by molar-refractivity contribution is 0.355. The molecule has 0 aromatic heterocycles. The second kappa shape index (κ2) is 5.64. The molecule has 0 spiro atoms. The van der Waals surface area contributed by atoms with Gasteiger partial charge in [-0.3, -0.25) is 0 Å². The van der Waals surface area contributed by atoms with E-state index in [1.807, 2.05) is 25.2 Å². The van der Waals surface area contributed by atoms with E-state index in [4.69, 9.17) is 0 Å². The molecule has 0 atom stereocenters. The Balaban J connectivity index is 4.43. The fourth-order valence-electron chi connectivity index (χ4n) is 0.823. The molecule has 0 radical (unpaired) electrons. The van der Waals surface area contributed by atoms with E-state index in [-0.39, 0.29) is 0 Å². The van der Waals surface area contributed by atoms with Crippen LogP contribution < -0.4 is 0 Å². The van der Waals surface area contributed by atoms with Gasteiger partial charge in [0.15, 0.2) is 0 Å². The van der Waals surface area contributed by atoms with Crippen molar-refractivity contribution in [1.82, 2.24) is 4.90 Å². The highest BCUT2D eigenvalue weighted by Crippen LogP contribution is 2.06. The molecule has 12 heavy (non-hydrogen) atoms. The van der Waals surface area contributed by atoms with Gasteiger partial charge in [-0.2, -0.15) is 0 Å². The van der Waals surface area contributed by atoms with Crippen LogP contribution in [0.15, 0.2) is 36.6 Å². The average molecular weight is 165 g/mol. The molecule has 1 nitrogen and oxygen atoms in total. The lowest BCUT2D eigenvalue weighted by Gasteiger charge is -2.24. The molecule has 0 amide bonds. The molecule has 0 rings (SSSR count). The molecule has 0 unspecified atom stereocenters. The zero-order valence-corrected chi connectivity index (χ0v) is 8.54. The van der Waals surface area contributed by atoms with Gasteiger partial charge < -0.3 is 4.90 Å². The first-order chi connectivity index (χ1) is 5.63. The van der Waals surface area contributed by atoms with Crippen LogP contribution in [0.25, 0.3) is 0 Å². The van der Waals surface area contributed by atoms with Gasteiger partial charge in [0.05, 0.1) is 0 Å². The molecule has 68 valence electrons. The van der Waals surface area contributed by atoms with E-state index in [9.17, 15) is 0 Å². The predicted octanol–water partition coefficient (Wildman–Crippen LogP) is 2.97. The summed E-state index contributed by atoms with van der Waals surface area (Å²) in [5, 5.41) is 0. The molecule has 0 aliphatic carbocycles. The minimum absolute atomic E-state index is 0.513. The van der Waals surface area contributed by atoms with Crippen molar-refractivity contribution in [2.75, 3.05) is 7.05 Å². The van der Waals surface area contributed by atoms with E-state index in [0.29, 0.717) is 6.04 Å². The average Bonchev–Trinajstić information content (AvgIpc) is 2.05. The summed E-state index contributed by atoms with van der Waals surface area (Å²) in [7, 11) is 2.07. The number of allylic oxidation sites excluding steroid dienone is 4. The van der Waals surface area contributed by atoms with Crippen LogP contribution in [0.1, 0.15) is 20.8 Å². The highest BCUT2D eigenvalue weighted by molar-refractivity contribution is 5.20. The molecule has 0 N–H and O–H groups in total. The van der Waals surface area contributed by atoms with Crippen LogP contribution in [-0.2, 0) is 0 Å². The van der Waals surface area contributed by atoms with E-state index in [1.165, 1.54) is 0 Å². The molecule has 0 aromatic carbocycles. The molecule has 0 heterocycles. The van der Waals surface area contributed by atoms with E-state index in [1.54, 1.807) is 0 Å². The third-order valence-corrected chi connectivity index (χ3v) is 1.85. The van der Waals surface area contributed by atoms with Crippen molar-refractivity contribution >= 4 is 0 Å². The van der Waals surface area contributed by atoms with Crippen molar-refractivity contribution in [1.29, 1.82) is 0 Å². The molecule has 1 heteroatoms. The molecule has 0 aromatic rings. The molecule has 0 aliphatic rings. The summed E-state index contributed by atoms with van der Waals surface area (Å²) in [6.45, 7) is 10.1. The largest absolute Gasteiger partial charge is 0.372 e. The third-order valence-electron chi connectivity index (χ3n) is 1.85. The van der Waals surface area contributed by atoms with Crippen molar-refractivity contribution in [2.24, 2.45) is 0 Å². The van der Waals surface area contributed by atoms with Crippen molar-refractivity contribution < 1.29 is 0 Å². The van der Waals surface area contributed by atoms with E-state index < -0.39 is 0 Å².